The van der Waals surface area contributed by atoms with Crippen molar-refractivity contribution in [3.8, 4) is 0 Å². The number of hydrogen-bond acceptors (Lipinski definition) is 3. The molecule has 2 N–H and O–H groups in total. The van der Waals surface area contributed by atoms with E-state index in [9.17, 15) is 9.59 Å². The number of carbonyl (C=O) groups excluding carboxylic acids is 2. The van der Waals surface area contributed by atoms with Crippen molar-refractivity contribution in [2.24, 2.45) is 5.92 Å². The number of aromatic nitrogens is 2. The molecule has 0 saturated heterocycles. The SMILES string of the molecule is CC(C)CCNC(=O)c1nc(C(=O)Nc2cccc(Cl)c2)c2n1CCCC2. The topological polar surface area (TPSA) is 76.0 Å². The van der Waals surface area contributed by atoms with Gasteiger partial charge in [0.2, 0.25) is 0 Å². The number of fused-ring (bicyclic) bond motifs is 1. The van der Waals surface area contributed by atoms with Crippen LogP contribution in [0.3, 0.4) is 0 Å². The first-order chi connectivity index (χ1) is 13.0. The predicted octanol–water partition coefficient (Wildman–Crippen LogP) is 3.90. The number of benzene rings is 1. The Morgan fingerprint density at radius 2 is 2.07 bits per heavy atom. The Morgan fingerprint density at radius 3 is 2.81 bits per heavy atom. The second-order valence-corrected chi connectivity index (χ2v) is 7.68. The van der Waals surface area contributed by atoms with Gasteiger partial charge in [-0.1, -0.05) is 31.5 Å². The molecule has 6 nitrogen and oxygen atoms in total. The summed E-state index contributed by atoms with van der Waals surface area (Å²) in [5.74, 6) is 0.299. The normalized spacial score (nSPS) is 13.3. The zero-order valence-corrected chi connectivity index (χ0v) is 16.5. The molecule has 1 aromatic heterocycles. The van der Waals surface area contributed by atoms with Crippen molar-refractivity contribution in [3.63, 3.8) is 0 Å². The minimum atomic E-state index is -0.316. The van der Waals surface area contributed by atoms with Gasteiger partial charge in [-0.3, -0.25) is 9.59 Å². The van der Waals surface area contributed by atoms with Crippen LogP contribution in [0, 0.1) is 5.92 Å². The van der Waals surface area contributed by atoms with Gasteiger partial charge in [0.05, 0.1) is 5.69 Å². The summed E-state index contributed by atoms with van der Waals surface area (Å²) in [7, 11) is 0. The first-order valence-electron chi connectivity index (χ1n) is 9.40. The summed E-state index contributed by atoms with van der Waals surface area (Å²) >= 11 is 5.98. The Balaban J connectivity index is 1.82. The zero-order valence-electron chi connectivity index (χ0n) is 15.7. The quantitative estimate of drug-likeness (QED) is 0.787. The third kappa shape index (κ3) is 4.69. The molecule has 1 aliphatic heterocycles. The number of carbonyl (C=O) groups is 2. The highest BCUT2D eigenvalue weighted by Crippen LogP contribution is 2.23. The van der Waals surface area contributed by atoms with E-state index in [4.69, 9.17) is 11.6 Å². The largest absolute Gasteiger partial charge is 0.349 e. The molecule has 0 bridgehead atoms. The summed E-state index contributed by atoms with van der Waals surface area (Å²) in [6, 6.07) is 6.97. The van der Waals surface area contributed by atoms with Crippen molar-refractivity contribution in [1.82, 2.24) is 14.9 Å². The highest BCUT2D eigenvalue weighted by molar-refractivity contribution is 6.31. The number of imidazole rings is 1. The van der Waals surface area contributed by atoms with Gasteiger partial charge in [0.1, 0.15) is 0 Å². The van der Waals surface area contributed by atoms with E-state index in [1.54, 1.807) is 24.3 Å². The van der Waals surface area contributed by atoms with Crippen molar-refractivity contribution >= 4 is 29.1 Å². The predicted molar refractivity (Wildman–Crippen MR) is 106 cm³/mol. The van der Waals surface area contributed by atoms with E-state index in [0.717, 1.165) is 31.4 Å². The monoisotopic (exact) mass is 388 g/mol. The minimum Gasteiger partial charge on any atom is -0.349 e. The summed E-state index contributed by atoms with van der Waals surface area (Å²) in [5.41, 5.74) is 1.76. The fraction of sp³-hybridized carbons (Fsp3) is 0.450. The van der Waals surface area contributed by atoms with Crippen molar-refractivity contribution in [2.45, 2.75) is 46.1 Å². The number of nitrogens with zero attached hydrogens (tertiary/aromatic N) is 2. The fourth-order valence-corrected chi connectivity index (χ4v) is 3.40. The Hall–Kier alpha value is -2.34. The summed E-state index contributed by atoms with van der Waals surface area (Å²) in [4.78, 5) is 29.8. The van der Waals surface area contributed by atoms with Gasteiger partial charge in [-0.05, 0) is 49.8 Å². The molecule has 1 aliphatic rings. The number of halogens is 1. The lowest BCUT2D eigenvalue weighted by Crippen LogP contribution is -2.29. The molecule has 0 spiro atoms. The maximum Gasteiger partial charge on any atom is 0.287 e. The van der Waals surface area contributed by atoms with Crippen molar-refractivity contribution < 1.29 is 9.59 Å². The van der Waals surface area contributed by atoms with Gasteiger partial charge in [-0.15, -0.1) is 0 Å². The second kappa shape index (κ2) is 8.57. The summed E-state index contributed by atoms with van der Waals surface area (Å²) < 4.78 is 1.89. The molecule has 0 aliphatic carbocycles. The fourth-order valence-electron chi connectivity index (χ4n) is 3.21. The highest BCUT2D eigenvalue weighted by Gasteiger charge is 2.27. The molecular weight excluding hydrogens is 364 g/mol. The molecule has 2 heterocycles. The number of amides is 2. The van der Waals surface area contributed by atoms with E-state index < -0.39 is 0 Å². The molecule has 1 aromatic carbocycles. The van der Waals surface area contributed by atoms with Crippen molar-refractivity contribution in [2.75, 3.05) is 11.9 Å². The molecule has 2 amide bonds. The van der Waals surface area contributed by atoms with E-state index in [1.807, 2.05) is 4.57 Å². The third-order valence-corrected chi connectivity index (χ3v) is 4.86. The number of hydrogen-bond donors (Lipinski definition) is 2. The van der Waals surface area contributed by atoms with Gasteiger partial charge in [-0.2, -0.15) is 0 Å². The van der Waals surface area contributed by atoms with Crippen LogP contribution in [0.2, 0.25) is 5.02 Å². The smallest absolute Gasteiger partial charge is 0.287 e. The van der Waals surface area contributed by atoms with Crippen LogP contribution in [0.25, 0.3) is 0 Å². The van der Waals surface area contributed by atoms with Gasteiger partial charge in [0.25, 0.3) is 11.8 Å². The number of nitrogens with one attached hydrogen (secondary N) is 2. The minimum absolute atomic E-state index is 0.222. The molecule has 7 heteroatoms. The van der Waals surface area contributed by atoms with Crippen LogP contribution in [-0.2, 0) is 13.0 Å². The Labute approximate surface area is 164 Å². The number of rotatable bonds is 6. The average molecular weight is 389 g/mol. The van der Waals surface area contributed by atoms with E-state index in [2.05, 4.69) is 29.5 Å². The van der Waals surface area contributed by atoms with Crippen molar-refractivity contribution in [3.05, 3.63) is 46.5 Å². The lowest BCUT2D eigenvalue weighted by molar-refractivity contribution is 0.0936. The van der Waals surface area contributed by atoms with Crippen LogP contribution >= 0.6 is 11.6 Å². The molecule has 144 valence electrons. The first kappa shape index (κ1) is 19.4. The van der Waals surface area contributed by atoms with Crippen LogP contribution in [0.5, 0.6) is 0 Å². The summed E-state index contributed by atoms with van der Waals surface area (Å²) in [6.45, 7) is 5.53. The van der Waals surface area contributed by atoms with E-state index in [1.165, 1.54) is 0 Å². The molecular formula is C20H25ClN4O2. The lowest BCUT2D eigenvalue weighted by atomic mass is 10.1. The Bertz CT molecular complexity index is 845. The lowest BCUT2D eigenvalue weighted by Gasteiger charge is -2.17. The van der Waals surface area contributed by atoms with Crippen LogP contribution in [0.1, 0.15) is 59.9 Å². The van der Waals surface area contributed by atoms with Crippen LogP contribution in [0.15, 0.2) is 24.3 Å². The van der Waals surface area contributed by atoms with Gasteiger partial charge in [0, 0.05) is 23.8 Å². The van der Waals surface area contributed by atoms with E-state index in [0.29, 0.717) is 41.2 Å². The van der Waals surface area contributed by atoms with Gasteiger partial charge in [0.15, 0.2) is 11.5 Å². The number of anilines is 1. The Morgan fingerprint density at radius 1 is 1.26 bits per heavy atom. The maximum atomic E-state index is 12.8. The van der Waals surface area contributed by atoms with Crippen LogP contribution in [-0.4, -0.2) is 27.9 Å². The van der Waals surface area contributed by atoms with Crippen LogP contribution < -0.4 is 10.6 Å². The van der Waals surface area contributed by atoms with Gasteiger partial charge in [-0.25, -0.2) is 4.98 Å². The maximum absolute atomic E-state index is 12.8. The van der Waals surface area contributed by atoms with Crippen molar-refractivity contribution in [1.29, 1.82) is 0 Å². The highest BCUT2D eigenvalue weighted by atomic mass is 35.5. The van der Waals surface area contributed by atoms with Gasteiger partial charge < -0.3 is 15.2 Å². The van der Waals surface area contributed by atoms with Gasteiger partial charge >= 0.3 is 0 Å². The first-order valence-corrected chi connectivity index (χ1v) is 9.78. The average Bonchev–Trinajstić information content (AvgIpc) is 3.01. The summed E-state index contributed by atoms with van der Waals surface area (Å²) in [5, 5.41) is 6.29. The van der Waals surface area contributed by atoms with Crippen LogP contribution in [0.4, 0.5) is 5.69 Å². The molecule has 0 radical (unpaired) electrons. The second-order valence-electron chi connectivity index (χ2n) is 7.24. The molecule has 3 rings (SSSR count). The molecule has 0 fully saturated rings. The summed E-state index contributed by atoms with van der Waals surface area (Å²) in [6.07, 6.45) is 3.61. The third-order valence-electron chi connectivity index (χ3n) is 4.63. The van der Waals surface area contributed by atoms with E-state index in [-0.39, 0.29) is 11.8 Å². The Kier molecular flexibility index (Phi) is 6.16. The molecule has 0 unspecified atom stereocenters. The molecule has 27 heavy (non-hydrogen) atoms. The molecule has 0 atom stereocenters. The van der Waals surface area contributed by atoms with E-state index >= 15 is 0 Å². The molecule has 2 aromatic rings. The zero-order chi connectivity index (χ0) is 19.4. The molecule has 0 saturated carbocycles. The standard InChI is InChI=1S/C20H25ClN4O2/c1-13(2)9-10-22-20(27)18-24-17(16-8-3-4-11-25(16)18)19(26)23-15-7-5-6-14(21)12-15/h5-7,12-13H,3-4,8-11H2,1-2H3,(H,22,27)(H,23,26).